The van der Waals surface area contributed by atoms with Crippen LogP contribution in [0.3, 0.4) is 0 Å². The van der Waals surface area contributed by atoms with Gasteiger partial charge in [-0.25, -0.2) is 0 Å². The third kappa shape index (κ3) is 3.18. The van der Waals surface area contributed by atoms with Crippen molar-refractivity contribution in [3.63, 3.8) is 0 Å². The minimum atomic E-state index is 0.502. The van der Waals surface area contributed by atoms with Gasteiger partial charge in [-0.15, -0.1) is 22.7 Å². The van der Waals surface area contributed by atoms with E-state index in [0.29, 0.717) is 6.04 Å². The van der Waals surface area contributed by atoms with Crippen LogP contribution in [-0.4, -0.2) is 0 Å². The third-order valence-corrected chi connectivity index (χ3v) is 4.97. The van der Waals surface area contributed by atoms with Crippen LogP contribution in [0.25, 0.3) is 0 Å². The van der Waals surface area contributed by atoms with Crippen molar-refractivity contribution in [2.45, 2.75) is 39.3 Å². The molecule has 0 aliphatic heterocycles. The van der Waals surface area contributed by atoms with E-state index >= 15 is 0 Å². The molecule has 1 atom stereocenters. The fourth-order valence-corrected chi connectivity index (χ4v) is 3.80. The average Bonchev–Trinajstić information content (AvgIpc) is 2.99. The van der Waals surface area contributed by atoms with Gasteiger partial charge in [-0.05, 0) is 41.3 Å². The summed E-state index contributed by atoms with van der Waals surface area (Å²) >= 11 is 3.71. The van der Waals surface area contributed by atoms with E-state index in [4.69, 9.17) is 0 Å². The van der Waals surface area contributed by atoms with E-state index < -0.39 is 0 Å². The third-order valence-electron chi connectivity index (χ3n) is 3.02. The molecule has 2 aromatic rings. The molecule has 2 aromatic heterocycles. The average molecular weight is 265 g/mol. The van der Waals surface area contributed by atoms with Crippen LogP contribution in [0.4, 0.5) is 0 Å². The summed E-state index contributed by atoms with van der Waals surface area (Å²) in [5.41, 5.74) is 1.49. The number of hydrogen-bond acceptors (Lipinski definition) is 3. The lowest BCUT2D eigenvalue weighted by molar-refractivity contribution is 0.528. The van der Waals surface area contributed by atoms with E-state index in [0.717, 1.165) is 19.4 Å². The van der Waals surface area contributed by atoms with Crippen LogP contribution in [0.2, 0.25) is 0 Å². The van der Waals surface area contributed by atoms with Gasteiger partial charge in [0, 0.05) is 22.3 Å². The van der Waals surface area contributed by atoms with Crippen LogP contribution in [0, 0.1) is 0 Å². The number of rotatable bonds is 6. The Bertz CT molecular complexity index is 431. The summed E-state index contributed by atoms with van der Waals surface area (Å²) in [5, 5.41) is 8.02. The normalized spacial score (nSPS) is 12.8. The molecule has 17 heavy (non-hydrogen) atoms. The highest BCUT2D eigenvalue weighted by atomic mass is 32.1. The highest BCUT2D eigenvalue weighted by molar-refractivity contribution is 7.10. The van der Waals surface area contributed by atoms with Crippen LogP contribution >= 0.6 is 22.7 Å². The van der Waals surface area contributed by atoms with E-state index in [9.17, 15) is 0 Å². The summed E-state index contributed by atoms with van der Waals surface area (Å²) < 4.78 is 0. The van der Waals surface area contributed by atoms with E-state index in [1.807, 2.05) is 22.7 Å². The first-order chi connectivity index (χ1) is 8.35. The lowest BCUT2D eigenvalue weighted by Gasteiger charge is -2.15. The monoisotopic (exact) mass is 265 g/mol. The number of nitrogens with one attached hydrogen (secondary N) is 1. The first-order valence-electron chi connectivity index (χ1n) is 6.17. The van der Waals surface area contributed by atoms with E-state index in [-0.39, 0.29) is 0 Å². The smallest absolute Gasteiger partial charge is 0.0415 e. The highest BCUT2D eigenvalue weighted by Gasteiger charge is 2.10. The van der Waals surface area contributed by atoms with Crippen molar-refractivity contribution in [3.8, 4) is 0 Å². The van der Waals surface area contributed by atoms with Crippen LogP contribution in [0.1, 0.15) is 41.6 Å². The molecule has 2 heterocycles. The molecule has 1 N–H and O–H groups in total. The van der Waals surface area contributed by atoms with Gasteiger partial charge in [-0.1, -0.05) is 19.9 Å². The zero-order chi connectivity index (χ0) is 12.1. The molecule has 0 radical (unpaired) electrons. The summed E-state index contributed by atoms with van der Waals surface area (Å²) in [4.78, 5) is 2.93. The maximum atomic E-state index is 3.67. The number of hydrogen-bond donors (Lipinski definition) is 1. The van der Waals surface area contributed by atoms with Gasteiger partial charge in [0.1, 0.15) is 0 Å². The molecular weight excluding hydrogens is 246 g/mol. The molecule has 0 aromatic carbocycles. The maximum absolute atomic E-state index is 3.67. The Kier molecular flexibility index (Phi) is 4.77. The molecule has 0 aliphatic carbocycles. The lowest BCUT2D eigenvalue weighted by Crippen LogP contribution is -2.19. The predicted molar refractivity (Wildman–Crippen MR) is 77.9 cm³/mol. The Morgan fingerprint density at radius 2 is 2.06 bits per heavy atom. The van der Waals surface area contributed by atoms with Crippen molar-refractivity contribution < 1.29 is 0 Å². The number of thiophene rings is 2. The maximum Gasteiger partial charge on any atom is 0.0415 e. The van der Waals surface area contributed by atoms with Gasteiger partial charge in [-0.2, -0.15) is 0 Å². The van der Waals surface area contributed by atoms with Crippen molar-refractivity contribution >= 4 is 22.7 Å². The summed E-state index contributed by atoms with van der Waals surface area (Å²) in [7, 11) is 0. The van der Waals surface area contributed by atoms with Crippen molar-refractivity contribution in [1.82, 2.24) is 5.32 Å². The molecule has 2 rings (SSSR count). The first-order valence-corrected chi connectivity index (χ1v) is 7.93. The van der Waals surface area contributed by atoms with Gasteiger partial charge in [-0.3, -0.25) is 0 Å². The Balaban J connectivity index is 1.97. The Hall–Kier alpha value is -0.640. The fourth-order valence-electron chi connectivity index (χ4n) is 1.99. The standard InChI is InChI=1S/C14H19NS2/c1-3-11-7-9-17-14(11)10-15-12(4-2)13-6-5-8-16-13/h5-9,12,15H,3-4,10H2,1-2H3. The first kappa shape index (κ1) is 12.8. The SMILES string of the molecule is CCc1ccsc1CNC(CC)c1cccs1. The van der Waals surface area contributed by atoms with E-state index in [1.165, 1.54) is 15.3 Å². The van der Waals surface area contributed by atoms with Gasteiger partial charge >= 0.3 is 0 Å². The molecule has 92 valence electrons. The predicted octanol–water partition coefficient (Wildman–Crippen LogP) is 4.61. The molecule has 0 fully saturated rings. The summed E-state index contributed by atoms with van der Waals surface area (Å²) in [5.74, 6) is 0. The van der Waals surface area contributed by atoms with Crippen molar-refractivity contribution in [2.75, 3.05) is 0 Å². The second kappa shape index (κ2) is 6.34. The molecule has 1 nitrogen and oxygen atoms in total. The molecule has 0 amide bonds. The Morgan fingerprint density at radius 1 is 1.18 bits per heavy atom. The molecular formula is C14H19NS2. The van der Waals surface area contributed by atoms with Gasteiger partial charge in [0.15, 0.2) is 0 Å². The van der Waals surface area contributed by atoms with Crippen molar-refractivity contribution in [3.05, 3.63) is 44.3 Å². The summed E-state index contributed by atoms with van der Waals surface area (Å²) in [6.45, 7) is 5.46. The zero-order valence-electron chi connectivity index (χ0n) is 10.4. The topological polar surface area (TPSA) is 12.0 Å². The Labute approximate surface area is 112 Å². The van der Waals surface area contributed by atoms with Crippen LogP contribution in [0.15, 0.2) is 29.0 Å². The summed E-state index contributed by atoms with van der Waals surface area (Å²) in [6, 6.07) is 7.10. The molecule has 1 unspecified atom stereocenters. The van der Waals surface area contributed by atoms with E-state index in [1.54, 1.807) is 0 Å². The van der Waals surface area contributed by atoms with E-state index in [2.05, 4.69) is 48.1 Å². The van der Waals surface area contributed by atoms with Gasteiger partial charge < -0.3 is 5.32 Å². The van der Waals surface area contributed by atoms with Crippen LogP contribution < -0.4 is 5.32 Å². The van der Waals surface area contributed by atoms with Gasteiger partial charge in [0.05, 0.1) is 0 Å². The molecule has 0 spiro atoms. The largest absolute Gasteiger partial charge is 0.304 e. The van der Waals surface area contributed by atoms with Crippen molar-refractivity contribution in [1.29, 1.82) is 0 Å². The fraction of sp³-hybridized carbons (Fsp3) is 0.429. The minimum Gasteiger partial charge on any atom is -0.304 e. The van der Waals surface area contributed by atoms with Crippen LogP contribution in [-0.2, 0) is 13.0 Å². The second-order valence-corrected chi connectivity index (χ2v) is 6.06. The second-order valence-electron chi connectivity index (χ2n) is 4.08. The summed E-state index contributed by atoms with van der Waals surface area (Å²) in [6.07, 6.45) is 2.28. The Morgan fingerprint density at radius 3 is 2.71 bits per heavy atom. The quantitative estimate of drug-likeness (QED) is 0.804. The molecule has 0 bridgehead atoms. The van der Waals surface area contributed by atoms with Gasteiger partial charge in [0.2, 0.25) is 0 Å². The van der Waals surface area contributed by atoms with Crippen molar-refractivity contribution in [2.24, 2.45) is 0 Å². The van der Waals surface area contributed by atoms with Crippen LogP contribution in [0.5, 0.6) is 0 Å². The zero-order valence-corrected chi connectivity index (χ0v) is 12.0. The van der Waals surface area contributed by atoms with Gasteiger partial charge in [0.25, 0.3) is 0 Å². The molecule has 0 saturated carbocycles. The highest BCUT2D eigenvalue weighted by Crippen LogP contribution is 2.24. The lowest BCUT2D eigenvalue weighted by atomic mass is 10.1. The molecule has 0 aliphatic rings. The number of aryl methyl sites for hydroxylation is 1. The molecule has 0 saturated heterocycles. The molecule has 3 heteroatoms. The minimum absolute atomic E-state index is 0.502.